The summed E-state index contributed by atoms with van der Waals surface area (Å²) in [6, 6.07) is 0.356. The second-order valence-corrected chi connectivity index (χ2v) is 7.23. The fourth-order valence-electron chi connectivity index (χ4n) is 3.21. The molecule has 1 N–H and O–H groups in total. The first-order valence-electron chi connectivity index (χ1n) is 8.28. The zero-order valence-corrected chi connectivity index (χ0v) is 15.6. The standard InChI is InChI=1S/C17H31N5O/c1-8-18-15(21(5)11-13-10-19-22(6)12-13)20-14-9-17(4,23-7)16(14,2)3/h10,12,14H,8-9,11H2,1-7H3,(H,18,20). The SMILES string of the molecule is CCN=C(NC1CC(C)(OC)C1(C)C)N(C)Cc1cnn(C)c1. The Bertz CT molecular complexity index is 565. The Kier molecular flexibility index (Phi) is 5.04. The first-order chi connectivity index (χ1) is 10.7. The number of aryl methyl sites for hydroxylation is 1. The molecule has 1 aliphatic rings. The van der Waals surface area contributed by atoms with Gasteiger partial charge >= 0.3 is 0 Å². The van der Waals surface area contributed by atoms with Gasteiger partial charge in [-0.1, -0.05) is 13.8 Å². The number of aliphatic imine (C=N–C) groups is 1. The van der Waals surface area contributed by atoms with Gasteiger partial charge in [-0.2, -0.15) is 5.10 Å². The van der Waals surface area contributed by atoms with E-state index in [1.807, 2.05) is 24.1 Å². The highest BCUT2D eigenvalue weighted by Crippen LogP contribution is 2.51. The molecule has 130 valence electrons. The van der Waals surface area contributed by atoms with Crippen LogP contribution >= 0.6 is 0 Å². The molecule has 0 aliphatic heterocycles. The van der Waals surface area contributed by atoms with Gasteiger partial charge in [0, 0.05) is 57.5 Å². The molecule has 0 amide bonds. The Labute approximate surface area is 139 Å². The Morgan fingerprint density at radius 2 is 2.22 bits per heavy atom. The highest BCUT2D eigenvalue weighted by atomic mass is 16.5. The molecule has 0 bridgehead atoms. The lowest BCUT2D eigenvalue weighted by Crippen LogP contribution is -2.69. The highest BCUT2D eigenvalue weighted by molar-refractivity contribution is 5.80. The van der Waals surface area contributed by atoms with Crippen LogP contribution in [0.5, 0.6) is 0 Å². The maximum Gasteiger partial charge on any atom is 0.194 e. The summed E-state index contributed by atoms with van der Waals surface area (Å²) in [5.41, 5.74) is 1.16. The zero-order chi connectivity index (χ0) is 17.3. The van der Waals surface area contributed by atoms with Crippen LogP contribution in [0.15, 0.2) is 17.4 Å². The zero-order valence-electron chi connectivity index (χ0n) is 15.6. The molecule has 2 unspecified atom stereocenters. The average molecular weight is 321 g/mol. The van der Waals surface area contributed by atoms with Gasteiger partial charge in [0.1, 0.15) is 0 Å². The number of aromatic nitrogens is 2. The second kappa shape index (κ2) is 6.51. The molecule has 2 atom stereocenters. The minimum atomic E-state index is -0.0795. The van der Waals surface area contributed by atoms with Crippen LogP contribution in [0, 0.1) is 5.41 Å². The Balaban J connectivity index is 2.04. The van der Waals surface area contributed by atoms with Crippen molar-refractivity contribution in [1.82, 2.24) is 20.0 Å². The van der Waals surface area contributed by atoms with Crippen LogP contribution in [0.4, 0.5) is 0 Å². The summed E-state index contributed by atoms with van der Waals surface area (Å²) in [5.74, 6) is 0.938. The van der Waals surface area contributed by atoms with E-state index in [0.29, 0.717) is 6.04 Å². The molecule has 1 heterocycles. The van der Waals surface area contributed by atoms with Crippen molar-refractivity contribution in [3.8, 4) is 0 Å². The van der Waals surface area contributed by atoms with Gasteiger partial charge in [0.25, 0.3) is 0 Å². The third-order valence-electron chi connectivity index (χ3n) is 5.43. The van der Waals surface area contributed by atoms with E-state index in [-0.39, 0.29) is 11.0 Å². The summed E-state index contributed by atoms with van der Waals surface area (Å²) in [7, 11) is 5.80. The molecule has 2 rings (SSSR count). The quantitative estimate of drug-likeness (QED) is 0.666. The molecule has 1 aromatic heterocycles. The van der Waals surface area contributed by atoms with E-state index in [0.717, 1.165) is 25.5 Å². The van der Waals surface area contributed by atoms with Crippen LogP contribution in [0.2, 0.25) is 0 Å². The van der Waals surface area contributed by atoms with Gasteiger partial charge in [0.05, 0.1) is 11.8 Å². The topological polar surface area (TPSA) is 54.7 Å². The van der Waals surface area contributed by atoms with Crippen LogP contribution < -0.4 is 5.32 Å². The van der Waals surface area contributed by atoms with Crippen molar-refractivity contribution in [2.75, 3.05) is 20.7 Å². The number of guanidine groups is 1. The molecule has 1 aliphatic carbocycles. The van der Waals surface area contributed by atoms with Gasteiger partial charge < -0.3 is 15.0 Å². The summed E-state index contributed by atoms with van der Waals surface area (Å²) in [6.07, 6.45) is 4.92. The van der Waals surface area contributed by atoms with Crippen LogP contribution in [0.3, 0.4) is 0 Å². The lowest BCUT2D eigenvalue weighted by molar-refractivity contribution is -0.177. The van der Waals surface area contributed by atoms with Gasteiger partial charge in [-0.3, -0.25) is 9.67 Å². The summed E-state index contributed by atoms with van der Waals surface area (Å²) in [6.45, 7) is 10.3. The number of rotatable bonds is 5. The Morgan fingerprint density at radius 1 is 1.52 bits per heavy atom. The predicted octanol–water partition coefficient (Wildman–Crippen LogP) is 2.02. The fraction of sp³-hybridized carbons (Fsp3) is 0.765. The molecule has 6 nitrogen and oxygen atoms in total. The normalized spacial score (nSPS) is 26.7. The fourth-order valence-corrected chi connectivity index (χ4v) is 3.21. The third kappa shape index (κ3) is 3.37. The van der Waals surface area contributed by atoms with E-state index in [1.165, 1.54) is 5.56 Å². The maximum atomic E-state index is 5.72. The van der Waals surface area contributed by atoms with Crippen LogP contribution in [0.25, 0.3) is 0 Å². The third-order valence-corrected chi connectivity index (χ3v) is 5.43. The molecule has 0 spiro atoms. The molecule has 6 heteroatoms. The number of hydrogen-bond acceptors (Lipinski definition) is 3. The molecular formula is C17H31N5O. The molecule has 0 aromatic carbocycles. The minimum absolute atomic E-state index is 0.0609. The average Bonchev–Trinajstić information content (AvgIpc) is 2.90. The van der Waals surface area contributed by atoms with Gasteiger partial charge in [-0.25, -0.2) is 0 Å². The van der Waals surface area contributed by atoms with E-state index in [4.69, 9.17) is 4.74 Å². The van der Waals surface area contributed by atoms with Gasteiger partial charge in [0.2, 0.25) is 0 Å². The van der Waals surface area contributed by atoms with Crippen molar-refractivity contribution in [3.63, 3.8) is 0 Å². The molecule has 0 radical (unpaired) electrons. The van der Waals surface area contributed by atoms with E-state index < -0.39 is 0 Å². The molecule has 1 saturated carbocycles. The van der Waals surface area contributed by atoms with E-state index in [2.05, 4.69) is 55.1 Å². The van der Waals surface area contributed by atoms with Crippen LogP contribution in [-0.4, -0.2) is 53.0 Å². The molecule has 0 saturated heterocycles. The first kappa shape index (κ1) is 17.8. The number of methoxy groups -OCH3 is 1. The van der Waals surface area contributed by atoms with E-state index in [1.54, 1.807) is 7.11 Å². The summed E-state index contributed by atoms with van der Waals surface area (Å²) in [4.78, 5) is 6.80. The van der Waals surface area contributed by atoms with Gasteiger partial charge in [-0.05, 0) is 20.3 Å². The molecule has 1 fully saturated rings. The van der Waals surface area contributed by atoms with Crippen molar-refractivity contribution < 1.29 is 4.74 Å². The van der Waals surface area contributed by atoms with Crippen molar-refractivity contribution in [1.29, 1.82) is 0 Å². The van der Waals surface area contributed by atoms with Crippen molar-refractivity contribution in [2.45, 2.75) is 52.3 Å². The number of nitrogens with zero attached hydrogens (tertiary/aromatic N) is 4. The second-order valence-electron chi connectivity index (χ2n) is 7.23. The molecule has 1 aromatic rings. The highest BCUT2D eigenvalue weighted by Gasteiger charge is 2.58. The largest absolute Gasteiger partial charge is 0.378 e. The monoisotopic (exact) mass is 321 g/mol. The molecular weight excluding hydrogens is 290 g/mol. The first-order valence-corrected chi connectivity index (χ1v) is 8.28. The maximum absolute atomic E-state index is 5.72. The number of nitrogens with one attached hydrogen (secondary N) is 1. The van der Waals surface area contributed by atoms with Crippen molar-refractivity contribution in [3.05, 3.63) is 18.0 Å². The summed E-state index contributed by atoms with van der Waals surface area (Å²) < 4.78 is 7.54. The Hall–Kier alpha value is -1.56. The summed E-state index contributed by atoms with van der Waals surface area (Å²) >= 11 is 0. The minimum Gasteiger partial charge on any atom is -0.378 e. The van der Waals surface area contributed by atoms with Gasteiger partial charge in [-0.15, -0.1) is 0 Å². The lowest BCUT2D eigenvalue weighted by Gasteiger charge is -2.59. The predicted molar refractivity (Wildman–Crippen MR) is 93.4 cm³/mol. The van der Waals surface area contributed by atoms with Crippen LogP contribution in [-0.2, 0) is 18.3 Å². The van der Waals surface area contributed by atoms with Crippen LogP contribution in [0.1, 0.15) is 39.7 Å². The smallest absolute Gasteiger partial charge is 0.194 e. The van der Waals surface area contributed by atoms with Crippen molar-refractivity contribution in [2.24, 2.45) is 17.5 Å². The van der Waals surface area contributed by atoms with Gasteiger partial charge in [0.15, 0.2) is 5.96 Å². The number of hydrogen-bond donors (Lipinski definition) is 1. The lowest BCUT2D eigenvalue weighted by atomic mass is 9.56. The van der Waals surface area contributed by atoms with E-state index in [9.17, 15) is 0 Å². The summed E-state index contributed by atoms with van der Waals surface area (Å²) in [5, 5.41) is 7.86. The van der Waals surface area contributed by atoms with E-state index >= 15 is 0 Å². The molecule has 23 heavy (non-hydrogen) atoms. The Morgan fingerprint density at radius 3 is 2.70 bits per heavy atom. The number of ether oxygens (including phenoxy) is 1. The van der Waals surface area contributed by atoms with Crippen molar-refractivity contribution >= 4 is 5.96 Å².